The van der Waals surface area contributed by atoms with Gasteiger partial charge in [0.25, 0.3) is 0 Å². The molecule has 1 atom stereocenters. The molecule has 1 aliphatic rings. The van der Waals surface area contributed by atoms with Crippen LogP contribution in [0.5, 0.6) is 0 Å². The zero-order chi connectivity index (χ0) is 6.69. The Labute approximate surface area is 57.0 Å². The molecule has 0 saturated carbocycles. The third kappa shape index (κ3) is 2.33. The summed E-state index contributed by atoms with van der Waals surface area (Å²) in [4.78, 5) is 0. The molecular formula is C7H15N2. The summed E-state index contributed by atoms with van der Waals surface area (Å²) in [7, 11) is 0. The van der Waals surface area contributed by atoms with E-state index in [9.17, 15) is 0 Å². The van der Waals surface area contributed by atoms with Crippen LogP contribution in [0.15, 0.2) is 0 Å². The van der Waals surface area contributed by atoms with Crippen molar-refractivity contribution in [1.82, 2.24) is 10.6 Å². The van der Waals surface area contributed by atoms with Gasteiger partial charge in [0.15, 0.2) is 0 Å². The van der Waals surface area contributed by atoms with Crippen LogP contribution in [0.4, 0.5) is 0 Å². The molecule has 0 amide bonds. The van der Waals surface area contributed by atoms with E-state index in [1.807, 2.05) is 0 Å². The third-order valence-electron chi connectivity index (χ3n) is 1.51. The SMILES string of the molecule is CC(C)NC1CCC[N]1. The Hall–Kier alpha value is -0.0800. The maximum Gasteiger partial charge on any atom is 0.0738 e. The van der Waals surface area contributed by atoms with Gasteiger partial charge in [-0.15, -0.1) is 0 Å². The summed E-state index contributed by atoms with van der Waals surface area (Å²) in [5, 5.41) is 7.74. The predicted molar refractivity (Wildman–Crippen MR) is 38.3 cm³/mol. The average Bonchev–Trinajstić information content (AvgIpc) is 2.15. The minimum atomic E-state index is 0.463. The molecule has 0 aromatic rings. The van der Waals surface area contributed by atoms with Gasteiger partial charge < -0.3 is 0 Å². The number of hydrogen-bond acceptors (Lipinski definition) is 1. The number of rotatable bonds is 2. The molecule has 1 unspecified atom stereocenters. The second kappa shape index (κ2) is 3.18. The molecule has 0 spiro atoms. The fourth-order valence-electron chi connectivity index (χ4n) is 1.14. The second-order valence-corrected chi connectivity index (χ2v) is 2.89. The Morgan fingerprint density at radius 2 is 2.33 bits per heavy atom. The number of nitrogens with one attached hydrogen (secondary N) is 1. The topological polar surface area (TPSA) is 26.1 Å². The van der Waals surface area contributed by atoms with Crippen LogP contribution in [0, 0.1) is 0 Å². The molecule has 1 N–H and O–H groups in total. The molecule has 1 aliphatic heterocycles. The molecule has 1 fully saturated rings. The molecule has 53 valence electrons. The zero-order valence-electron chi connectivity index (χ0n) is 6.22. The van der Waals surface area contributed by atoms with E-state index >= 15 is 0 Å². The van der Waals surface area contributed by atoms with E-state index in [1.54, 1.807) is 0 Å². The van der Waals surface area contributed by atoms with Gasteiger partial charge in [0, 0.05) is 12.6 Å². The zero-order valence-corrected chi connectivity index (χ0v) is 6.22. The molecule has 2 nitrogen and oxygen atoms in total. The van der Waals surface area contributed by atoms with Crippen LogP contribution in [0.2, 0.25) is 0 Å². The lowest BCUT2D eigenvalue weighted by Crippen LogP contribution is -2.37. The fraction of sp³-hybridized carbons (Fsp3) is 1.00. The Balaban J connectivity index is 2.11. The molecule has 2 heteroatoms. The number of nitrogens with zero attached hydrogens (tertiary/aromatic N) is 1. The van der Waals surface area contributed by atoms with Gasteiger partial charge in [-0.1, -0.05) is 0 Å². The lowest BCUT2D eigenvalue weighted by Gasteiger charge is -2.13. The van der Waals surface area contributed by atoms with Crippen LogP contribution in [0.3, 0.4) is 0 Å². The van der Waals surface area contributed by atoms with Crippen LogP contribution in [-0.2, 0) is 0 Å². The normalized spacial score (nSPS) is 27.7. The Bertz CT molecular complexity index is 75.0. The average molecular weight is 127 g/mol. The first-order valence-corrected chi connectivity index (χ1v) is 3.71. The molecule has 0 bridgehead atoms. The van der Waals surface area contributed by atoms with E-state index in [2.05, 4.69) is 24.5 Å². The molecule has 9 heavy (non-hydrogen) atoms. The molecule has 0 aliphatic carbocycles. The molecular weight excluding hydrogens is 112 g/mol. The van der Waals surface area contributed by atoms with Crippen molar-refractivity contribution in [3.8, 4) is 0 Å². The monoisotopic (exact) mass is 127 g/mol. The summed E-state index contributed by atoms with van der Waals surface area (Å²) in [6.45, 7) is 5.38. The van der Waals surface area contributed by atoms with Crippen molar-refractivity contribution in [1.29, 1.82) is 0 Å². The van der Waals surface area contributed by atoms with Gasteiger partial charge >= 0.3 is 0 Å². The molecule has 1 rings (SSSR count). The van der Waals surface area contributed by atoms with Gasteiger partial charge in [0.2, 0.25) is 0 Å². The van der Waals surface area contributed by atoms with Crippen molar-refractivity contribution in [3.05, 3.63) is 0 Å². The van der Waals surface area contributed by atoms with Crippen molar-refractivity contribution < 1.29 is 0 Å². The van der Waals surface area contributed by atoms with Crippen molar-refractivity contribution in [2.75, 3.05) is 6.54 Å². The van der Waals surface area contributed by atoms with Gasteiger partial charge in [-0.3, -0.25) is 5.32 Å². The minimum Gasteiger partial charge on any atom is -0.298 e. The van der Waals surface area contributed by atoms with E-state index in [4.69, 9.17) is 0 Å². The van der Waals surface area contributed by atoms with E-state index in [-0.39, 0.29) is 0 Å². The lowest BCUT2D eigenvalue weighted by atomic mass is 10.3. The summed E-state index contributed by atoms with van der Waals surface area (Å²) >= 11 is 0. The van der Waals surface area contributed by atoms with Gasteiger partial charge in [-0.25, -0.2) is 5.32 Å². The highest BCUT2D eigenvalue weighted by atomic mass is 15.1. The summed E-state index contributed by atoms with van der Waals surface area (Å²) in [5.41, 5.74) is 0. The summed E-state index contributed by atoms with van der Waals surface area (Å²) in [6, 6.07) is 0.580. The quantitative estimate of drug-likeness (QED) is 0.581. The maximum absolute atomic E-state index is 4.36. The van der Waals surface area contributed by atoms with E-state index in [1.165, 1.54) is 12.8 Å². The van der Waals surface area contributed by atoms with Crippen LogP contribution < -0.4 is 10.6 Å². The molecule has 1 saturated heterocycles. The summed E-state index contributed by atoms with van der Waals surface area (Å²) < 4.78 is 0. The van der Waals surface area contributed by atoms with Gasteiger partial charge in [0.1, 0.15) is 0 Å². The molecule has 0 aromatic carbocycles. The van der Waals surface area contributed by atoms with Crippen molar-refractivity contribution in [2.45, 2.75) is 38.9 Å². The molecule has 1 radical (unpaired) electrons. The first kappa shape index (κ1) is 7.03. The smallest absolute Gasteiger partial charge is 0.0738 e. The molecule has 1 heterocycles. The van der Waals surface area contributed by atoms with Crippen LogP contribution >= 0.6 is 0 Å². The Morgan fingerprint density at radius 1 is 1.56 bits per heavy atom. The van der Waals surface area contributed by atoms with Gasteiger partial charge in [0.05, 0.1) is 6.17 Å². The minimum absolute atomic E-state index is 0.463. The lowest BCUT2D eigenvalue weighted by molar-refractivity contribution is 0.433. The highest BCUT2D eigenvalue weighted by Gasteiger charge is 2.14. The van der Waals surface area contributed by atoms with Gasteiger partial charge in [-0.2, -0.15) is 0 Å². The van der Waals surface area contributed by atoms with E-state index in [0.717, 1.165) is 6.54 Å². The standard InChI is InChI=1S/C7H15N2/c1-6(2)9-7-4-3-5-8-7/h6-7,9H,3-5H2,1-2H3. The van der Waals surface area contributed by atoms with Crippen LogP contribution in [0.25, 0.3) is 0 Å². The van der Waals surface area contributed by atoms with Crippen LogP contribution in [-0.4, -0.2) is 18.8 Å². The Kier molecular flexibility index (Phi) is 2.49. The van der Waals surface area contributed by atoms with Crippen molar-refractivity contribution in [2.24, 2.45) is 0 Å². The van der Waals surface area contributed by atoms with E-state index in [0.29, 0.717) is 12.2 Å². The largest absolute Gasteiger partial charge is 0.298 e. The second-order valence-electron chi connectivity index (χ2n) is 2.89. The Morgan fingerprint density at radius 3 is 2.78 bits per heavy atom. The summed E-state index contributed by atoms with van der Waals surface area (Å²) in [6.07, 6.45) is 2.97. The van der Waals surface area contributed by atoms with Crippen LogP contribution in [0.1, 0.15) is 26.7 Å². The first-order valence-electron chi connectivity index (χ1n) is 3.71. The third-order valence-corrected chi connectivity index (χ3v) is 1.51. The number of hydrogen-bond donors (Lipinski definition) is 1. The van der Waals surface area contributed by atoms with Crippen molar-refractivity contribution in [3.63, 3.8) is 0 Å². The fourth-order valence-corrected chi connectivity index (χ4v) is 1.14. The van der Waals surface area contributed by atoms with Crippen molar-refractivity contribution >= 4 is 0 Å². The first-order chi connectivity index (χ1) is 4.29. The summed E-state index contributed by atoms with van der Waals surface area (Å²) in [5.74, 6) is 0. The van der Waals surface area contributed by atoms with E-state index < -0.39 is 0 Å². The highest BCUT2D eigenvalue weighted by Crippen LogP contribution is 2.03. The molecule has 0 aromatic heterocycles. The maximum atomic E-state index is 4.36. The predicted octanol–water partition coefficient (Wildman–Crippen LogP) is 0.709. The van der Waals surface area contributed by atoms with Gasteiger partial charge in [-0.05, 0) is 26.7 Å². The highest BCUT2D eigenvalue weighted by molar-refractivity contribution is 4.72.